The Morgan fingerprint density at radius 3 is 2.32 bits per heavy atom. The Hall–Kier alpha value is -1.06. The average Bonchev–Trinajstić information content (AvgIpc) is 2.40. The van der Waals surface area contributed by atoms with Gasteiger partial charge in [-0.3, -0.25) is 0 Å². The lowest BCUT2D eigenvalue weighted by Gasteiger charge is -2.25. The maximum atomic E-state index is 10.4. The summed E-state index contributed by atoms with van der Waals surface area (Å²) in [7, 11) is 0. The zero-order valence-corrected chi connectivity index (χ0v) is 12.4. The predicted octanol–water partition coefficient (Wildman–Crippen LogP) is 3.24. The lowest BCUT2D eigenvalue weighted by atomic mass is 10.1. The minimum atomic E-state index is -0.485. The van der Waals surface area contributed by atoms with Gasteiger partial charge in [-0.2, -0.15) is 0 Å². The Bertz CT molecular complexity index is 348. The summed E-state index contributed by atoms with van der Waals surface area (Å²) in [5.74, 6) is 0.797. The molecule has 1 N–H and O–H groups in total. The van der Waals surface area contributed by atoms with Gasteiger partial charge in [-0.05, 0) is 38.9 Å². The fraction of sp³-hybridized carbons (Fsp3) is 0.625. The maximum absolute atomic E-state index is 10.4. The summed E-state index contributed by atoms with van der Waals surface area (Å²) in [6.45, 7) is 9.66. The molecule has 0 saturated heterocycles. The quantitative estimate of drug-likeness (QED) is 0.744. The van der Waals surface area contributed by atoms with Crippen LogP contribution < -0.4 is 4.74 Å². The Morgan fingerprint density at radius 2 is 1.74 bits per heavy atom. The van der Waals surface area contributed by atoms with E-state index in [1.807, 2.05) is 31.2 Å². The van der Waals surface area contributed by atoms with E-state index >= 15 is 0 Å². The largest absolute Gasteiger partial charge is 0.493 e. The number of hydrogen-bond donors (Lipinski definition) is 1. The molecule has 0 amide bonds. The van der Waals surface area contributed by atoms with Crippen LogP contribution >= 0.6 is 0 Å². The molecule has 0 radical (unpaired) electrons. The van der Waals surface area contributed by atoms with E-state index in [9.17, 15) is 5.11 Å². The zero-order valence-electron chi connectivity index (χ0n) is 12.4. The van der Waals surface area contributed by atoms with E-state index in [1.54, 1.807) is 0 Å². The van der Waals surface area contributed by atoms with Gasteiger partial charge in [0.1, 0.15) is 5.75 Å². The highest BCUT2D eigenvalue weighted by atomic mass is 16.5. The summed E-state index contributed by atoms with van der Waals surface area (Å²) >= 11 is 0. The number of nitrogens with zero attached hydrogens (tertiary/aromatic N) is 1. The fourth-order valence-corrected chi connectivity index (χ4v) is 2.31. The molecule has 0 aliphatic heterocycles. The smallest absolute Gasteiger partial charge is 0.125 e. The van der Waals surface area contributed by atoms with E-state index in [-0.39, 0.29) is 0 Å². The first-order valence-corrected chi connectivity index (χ1v) is 7.35. The molecule has 0 fully saturated rings. The molecular weight excluding hydrogens is 238 g/mol. The van der Waals surface area contributed by atoms with E-state index in [2.05, 4.69) is 18.7 Å². The topological polar surface area (TPSA) is 32.7 Å². The molecule has 1 aromatic carbocycles. The molecular formula is C16H27NO2. The molecule has 1 unspecified atom stereocenters. The average molecular weight is 265 g/mol. The summed E-state index contributed by atoms with van der Waals surface area (Å²) in [6, 6.07) is 7.76. The van der Waals surface area contributed by atoms with Crippen LogP contribution in [0.3, 0.4) is 0 Å². The standard InChI is InChI=1S/C16H27NO2/c1-4-11-17(12-5-2)13-15(18)14-9-7-8-10-16(14)19-6-3/h7-10,15,18H,4-6,11-13H2,1-3H3. The zero-order chi connectivity index (χ0) is 14.1. The molecule has 108 valence electrons. The second-order valence-corrected chi connectivity index (χ2v) is 4.79. The van der Waals surface area contributed by atoms with Gasteiger partial charge in [-0.1, -0.05) is 32.0 Å². The van der Waals surface area contributed by atoms with Crippen LogP contribution in [0.5, 0.6) is 5.75 Å². The Kier molecular flexibility index (Phi) is 7.53. The van der Waals surface area contributed by atoms with Crippen LogP contribution in [-0.2, 0) is 0 Å². The summed E-state index contributed by atoms with van der Waals surface area (Å²) in [4.78, 5) is 2.31. The molecule has 1 atom stereocenters. The van der Waals surface area contributed by atoms with Gasteiger partial charge >= 0.3 is 0 Å². The lowest BCUT2D eigenvalue weighted by Crippen LogP contribution is -2.30. The summed E-state index contributed by atoms with van der Waals surface area (Å²) in [6.07, 6.45) is 1.74. The van der Waals surface area contributed by atoms with Gasteiger partial charge in [-0.15, -0.1) is 0 Å². The van der Waals surface area contributed by atoms with Crippen molar-refractivity contribution < 1.29 is 9.84 Å². The summed E-state index contributed by atoms with van der Waals surface area (Å²) in [5, 5.41) is 10.4. The number of ether oxygens (including phenoxy) is 1. The Balaban J connectivity index is 2.72. The second kappa shape index (κ2) is 8.94. The number of hydrogen-bond acceptors (Lipinski definition) is 3. The monoisotopic (exact) mass is 265 g/mol. The Labute approximate surface area is 117 Å². The lowest BCUT2D eigenvalue weighted by molar-refractivity contribution is 0.110. The number of aliphatic hydroxyl groups is 1. The van der Waals surface area contributed by atoms with Gasteiger partial charge in [0.15, 0.2) is 0 Å². The van der Waals surface area contributed by atoms with Gasteiger partial charge in [0.2, 0.25) is 0 Å². The van der Waals surface area contributed by atoms with Crippen molar-refractivity contribution in [3.05, 3.63) is 29.8 Å². The molecule has 19 heavy (non-hydrogen) atoms. The van der Waals surface area contributed by atoms with Crippen LogP contribution in [0.1, 0.15) is 45.3 Å². The summed E-state index contributed by atoms with van der Waals surface area (Å²) in [5.41, 5.74) is 0.890. The third-order valence-corrected chi connectivity index (χ3v) is 3.09. The number of para-hydroxylation sites is 1. The third kappa shape index (κ3) is 5.21. The number of rotatable bonds is 9. The third-order valence-electron chi connectivity index (χ3n) is 3.09. The van der Waals surface area contributed by atoms with Crippen LogP contribution in [0, 0.1) is 0 Å². The first kappa shape index (κ1) is 16.0. The van der Waals surface area contributed by atoms with Gasteiger partial charge in [0, 0.05) is 12.1 Å². The molecule has 0 heterocycles. The highest BCUT2D eigenvalue weighted by Gasteiger charge is 2.16. The van der Waals surface area contributed by atoms with Crippen molar-refractivity contribution in [3.63, 3.8) is 0 Å². The van der Waals surface area contributed by atoms with Crippen molar-refractivity contribution in [2.24, 2.45) is 0 Å². The van der Waals surface area contributed by atoms with Crippen LogP contribution in [0.2, 0.25) is 0 Å². The van der Waals surface area contributed by atoms with E-state index in [1.165, 1.54) is 0 Å². The molecule has 0 saturated carbocycles. The van der Waals surface area contributed by atoms with Crippen molar-refractivity contribution in [1.82, 2.24) is 4.90 Å². The van der Waals surface area contributed by atoms with Crippen molar-refractivity contribution in [1.29, 1.82) is 0 Å². The molecule has 0 aromatic heterocycles. The molecule has 0 spiro atoms. The van der Waals surface area contributed by atoms with Crippen LogP contribution in [0.4, 0.5) is 0 Å². The van der Waals surface area contributed by atoms with Crippen LogP contribution in [0.15, 0.2) is 24.3 Å². The first-order valence-electron chi connectivity index (χ1n) is 7.35. The highest BCUT2D eigenvalue weighted by Crippen LogP contribution is 2.25. The fourth-order valence-electron chi connectivity index (χ4n) is 2.31. The van der Waals surface area contributed by atoms with Crippen molar-refractivity contribution >= 4 is 0 Å². The molecule has 3 nitrogen and oxygen atoms in total. The second-order valence-electron chi connectivity index (χ2n) is 4.79. The number of aliphatic hydroxyl groups excluding tert-OH is 1. The van der Waals surface area contributed by atoms with Gasteiger partial charge in [0.25, 0.3) is 0 Å². The van der Waals surface area contributed by atoms with Crippen molar-refractivity contribution in [3.8, 4) is 5.75 Å². The highest BCUT2D eigenvalue weighted by molar-refractivity contribution is 5.35. The molecule has 3 heteroatoms. The summed E-state index contributed by atoms with van der Waals surface area (Å²) < 4.78 is 5.58. The molecule has 0 bridgehead atoms. The predicted molar refractivity (Wildman–Crippen MR) is 79.6 cm³/mol. The molecule has 1 aromatic rings. The van der Waals surface area contributed by atoms with Crippen molar-refractivity contribution in [2.45, 2.75) is 39.7 Å². The van der Waals surface area contributed by atoms with Crippen LogP contribution in [-0.4, -0.2) is 36.2 Å². The first-order chi connectivity index (χ1) is 9.22. The minimum absolute atomic E-state index is 0.485. The Morgan fingerprint density at radius 1 is 1.11 bits per heavy atom. The molecule has 1 rings (SSSR count). The normalized spacial score (nSPS) is 12.7. The van der Waals surface area contributed by atoms with E-state index in [0.717, 1.165) is 37.2 Å². The SMILES string of the molecule is CCCN(CCC)CC(O)c1ccccc1OCC. The van der Waals surface area contributed by atoms with Gasteiger partial charge in [-0.25, -0.2) is 0 Å². The van der Waals surface area contributed by atoms with Gasteiger partial charge in [0.05, 0.1) is 12.7 Å². The van der Waals surface area contributed by atoms with Crippen LogP contribution in [0.25, 0.3) is 0 Å². The van der Waals surface area contributed by atoms with E-state index in [0.29, 0.717) is 13.2 Å². The maximum Gasteiger partial charge on any atom is 0.125 e. The van der Waals surface area contributed by atoms with Crippen molar-refractivity contribution in [2.75, 3.05) is 26.2 Å². The van der Waals surface area contributed by atoms with E-state index in [4.69, 9.17) is 4.74 Å². The minimum Gasteiger partial charge on any atom is -0.493 e. The molecule has 0 aliphatic rings. The molecule has 0 aliphatic carbocycles. The number of benzene rings is 1. The van der Waals surface area contributed by atoms with E-state index < -0.39 is 6.10 Å². The van der Waals surface area contributed by atoms with Gasteiger partial charge < -0.3 is 14.7 Å².